The van der Waals surface area contributed by atoms with E-state index in [4.69, 9.17) is 5.73 Å². The number of rotatable bonds is 5. The molecule has 182 valence electrons. The lowest BCUT2D eigenvalue weighted by atomic mass is 10.0. The van der Waals surface area contributed by atoms with Gasteiger partial charge in [-0.05, 0) is 24.3 Å². The summed E-state index contributed by atoms with van der Waals surface area (Å²) < 4.78 is 70.2. The van der Waals surface area contributed by atoms with Crippen LogP contribution in [0.2, 0.25) is 0 Å². The van der Waals surface area contributed by atoms with Gasteiger partial charge in [0.1, 0.15) is 10.6 Å². The van der Waals surface area contributed by atoms with Crippen molar-refractivity contribution in [2.75, 3.05) is 32.9 Å². The van der Waals surface area contributed by atoms with E-state index in [0.717, 1.165) is 28.9 Å². The lowest BCUT2D eigenvalue weighted by Crippen LogP contribution is -2.55. The van der Waals surface area contributed by atoms with Gasteiger partial charge in [-0.2, -0.15) is 9.29 Å². The van der Waals surface area contributed by atoms with Gasteiger partial charge in [-0.15, -0.1) is 13.2 Å². The number of alkyl halides is 3. The van der Waals surface area contributed by atoms with Crippen LogP contribution in [0.25, 0.3) is 10.9 Å². The molecule has 4 rings (SSSR count). The van der Waals surface area contributed by atoms with Gasteiger partial charge >= 0.3 is 6.36 Å². The van der Waals surface area contributed by atoms with Gasteiger partial charge in [-0.3, -0.25) is 4.48 Å². The molecule has 0 atom stereocenters. The monoisotopic (exact) mass is 496 g/mol. The van der Waals surface area contributed by atoms with Crippen molar-refractivity contribution in [3.8, 4) is 5.75 Å². The van der Waals surface area contributed by atoms with Crippen LogP contribution in [0.3, 0.4) is 0 Å². The topological polar surface area (TPSA) is 98.4 Å². The number of sulfonamides is 1. The Bertz CT molecular complexity index is 1310. The molecule has 1 aliphatic rings. The van der Waals surface area contributed by atoms with E-state index in [9.17, 15) is 21.6 Å². The molecule has 0 radical (unpaired) electrons. The van der Waals surface area contributed by atoms with Crippen molar-refractivity contribution in [2.45, 2.75) is 30.1 Å². The normalized spacial score (nSPS) is 16.6. The molecule has 0 amide bonds. The minimum absolute atomic E-state index is 0.00539. The van der Waals surface area contributed by atoms with E-state index >= 15 is 0 Å². The molecule has 3 aromatic rings. The molecule has 2 N–H and O–H groups in total. The van der Waals surface area contributed by atoms with Gasteiger partial charge in [0.05, 0.1) is 31.0 Å². The quantitative estimate of drug-likeness (QED) is 0.543. The van der Waals surface area contributed by atoms with Gasteiger partial charge in [-0.1, -0.05) is 24.3 Å². The van der Waals surface area contributed by atoms with Crippen molar-refractivity contribution in [3.05, 3.63) is 48.5 Å². The predicted octanol–water partition coefficient (Wildman–Crippen LogP) is 3.53. The summed E-state index contributed by atoms with van der Waals surface area (Å²) in [5, 5.41) is 0.856. The SMILES string of the molecule is C[N+](C)(c1nc(N)nc2ccccc12)C1CCN(S(=O)(=O)c2ccccc2OC(F)(F)F)CC1. The number of hydrogen-bond donors (Lipinski definition) is 1. The number of nitrogen functional groups attached to an aromatic ring is 1. The van der Waals surface area contributed by atoms with Crippen LogP contribution < -0.4 is 15.0 Å². The highest BCUT2D eigenvalue weighted by Crippen LogP contribution is 2.36. The Hall–Kier alpha value is -2.96. The lowest BCUT2D eigenvalue weighted by molar-refractivity contribution is -0.275. The average molecular weight is 497 g/mol. The van der Waals surface area contributed by atoms with Crippen molar-refractivity contribution >= 4 is 32.7 Å². The second-order valence-electron chi connectivity index (χ2n) is 8.59. The van der Waals surface area contributed by atoms with Crippen LogP contribution in [0.15, 0.2) is 53.4 Å². The Morgan fingerprint density at radius 1 is 1.03 bits per heavy atom. The second-order valence-corrected chi connectivity index (χ2v) is 10.5. The lowest BCUT2D eigenvalue weighted by Gasteiger charge is -2.41. The first-order valence-electron chi connectivity index (χ1n) is 10.6. The van der Waals surface area contributed by atoms with E-state index in [2.05, 4.69) is 14.7 Å². The van der Waals surface area contributed by atoms with E-state index in [1.54, 1.807) is 0 Å². The fourth-order valence-electron chi connectivity index (χ4n) is 4.43. The van der Waals surface area contributed by atoms with Crippen LogP contribution in [0.4, 0.5) is 24.9 Å². The molecule has 0 unspecified atom stereocenters. The molecule has 0 bridgehead atoms. The minimum atomic E-state index is -5.00. The number of nitrogens with two attached hydrogens (primary N) is 1. The van der Waals surface area contributed by atoms with Gasteiger partial charge in [0.15, 0.2) is 0 Å². The van der Waals surface area contributed by atoms with Gasteiger partial charge in [0.2, 0.25) is 21.8 Å². The second kappa shape index (κ2) is 8.67. The molecule has 2 aromatic carbocycles. The minimum Gasteiger partial charge on any atom is -0.404 e. The highest BCUT2D eigenvalue weighted by atomic mass is 32.2. The molecule has 34 heavy (non-hydrogen) atoms. The third-order valence-corrected chi connectivity index (χ3v) is 8.11. The molecule has 1 fully saturated rings. The van der Waals surface area contributed by atoms with Crippen molar-refractivity contribution in [1.82, 2.24) is 18.8 Å². The van der Waals surface area contributed by atoms with E-state index in [1.807, 2.05) is 38.4 Å². The standard InChI is InChI=1S/C22H25F3N5O3S/c1-30(2,20-16-7-3-4-8-17(16)27-21(26)28-20)15-11-13-29(14-12-15)34(31,32)19-10-6-5-9-18(19)33-22(23,24)25/h3-10,15H,11-14H2,1-2H3,(H2,26,27,28)/q+1. The zero-order chi connectivity index (χ0) is 24.7. The fourth-order valence-corrected chi connectivity index (χ4v) is 6.01. The molecule has 1 saturated heterocycles. The third kappa shape index (κ3) is 4.65. The van der Waals surface area contributed by atoms with E-state index < -0.39 is 27.0 Å². The number of nitrogens with zero attached hydrogens (tertiary/aromatic N) is 4. The summed E-state index contributed by atoms with van der Waals surface area (Å²) in [6, 6.07) is 12.3. The van der Waals surface area contributed by atoms with Crippen molar-refractivity contribution in [3.63, 3.8) is 0 Å². The Morgan fingerprint density at radius 3 is 2.32 bits per heavy atom. The number of benzene rings is 2. The number of para-hydroxylation sites is 2. The number of quaternary nitrogens is 1. The zero-order valence-corrected chi connectivity index (χ0v) is 19.5. The number of hydrogen-bond acceptors (Lipinski definition) is 6. The molecular formula is C22H25F3N5O3S+. The molecule has 0 spiro atoms. The van der Waals surface area contributed by atoms with Crippen LogP contribution in [0.1, 0.15) is 12.8 Å². The molecule has 1 aromatic heterocycles. The molecule has 2 heterocycles. The molecule has 0 aliphatic carbocycles. The molecular weight excluding hydrogens is 471 g/mol. The molecule has 1 aliphatic heterocycles. The smallest absolute Gasteiger partial charge is 0.404 e. The summed E-state index contributed by atoms with van der Waals surface area (Å²) >= 11 is 0. The highest BCUT2D eigenvalue weighted by Gasteiger charge is 2.41. The van der Waals surface area contributed by atoms with Gasteiger partial charge < -0.3 is 10.5 Å². The number of aromatic nitrogens is 2. The number of ether oxygens (including phenoxy) is 1. The highest BCUT2D eigenvalue weighted by molar-refractivity contribution is 7.89. The zero-order valence-electron chi connectivity index (χ0n) is 18.7. The summed E-state index contributed by atoms with van der Waals surface area (Å²) in [4.78, 5) is 8.27. The van der Waals surface area contributed by atoms with Gasteiger partial charge in [0.25, 0.3) is 0 Å². The first-order valence-corrected chi connectivity index (χ1v) is 12.0. The molecule has 8 nitrogen and oxygen atoms in total. The molecule has 0 saturated carbocycles. The Labute approximate surface area is 195 Å². The van der Waals surface area contributed by atoms with E-state index in [1.165, 1.54) is 16.4 Å². The fraction of sp³-hybridized carbons (Fsp3) is 0.364. The third-order valence-electron chi connectivity index (χ3n) is 6.18. The predicted molar refractivity (Wildman–Crippen MR) is 122 cm³/mol. The number of anilines is 1. The number of piperidine rings is 1. The van der Waals surface area contributed by atoms with E-state index in [-0.39, 0.29) is 25.1 Å². The average Bonchev–Trinajstić information content (AvgIpc) is 2.77. The first kappa shape index (κ1) is 24.2. The Morgan fingerprint density at radius 2 is 1.65 bits per heavy atom. The maximum absolute atomic E-state index is 13.2. The summed E-state index contributed by atoms with van der Waals surface area (Å²) in [7, 11) is -0.221. The van der Waals surface area contributed by atoms with Crippen LogP contribution in [0, 0.1) is 0 Å². The van der Waals surface area contributed by atoms with Crippen LogP contribution in [-0.4, -0.2) is 62.3 Å². The summed E-state index contributed by atoms with van der Waals surface area (Å²) in [6.45, 7) is 0.293. The Kier molecular flexibility index (Phi) is 6.17. The van der Waals surface area contributed by atoms with Crippen LogP contribution in [0.5, 0.6) is 5.75 Å². The first-order chi connectivity index (χ1) is 15.9. The maximum atomic E-state index is 13.2. The van der Waals surface area contributed by atoms with Crippen molar-refractivity contribution < 1.29 is 26.3 Å². The summed E-state index contributed by atoms with van der Waals surface area (Å²) in [6.07, 6.45) is -4.04. The van der Waals surface area contributed by atoms with Crippen LogP contribution >= 0.6 is 0 Å². The van der Waals surface area contributed by atoms with Gasteiger partial charge in [0, 0.05) is 25.9 Å². The maximum Gasteiger partial charge on any atom is 0.573 e. The molecule has 12 heteroatoms. The van der Waals surface area contributed by atoms with E-state index in [0.29, 0.717) is 17.3 Å². The summed E-state index contributed by atoms with van der Waals surface area (Å²) in [5.74, 6) is 0.144. The van der Waals surface area contributed by atoms with Crippen molar-refractivity contribution in [2.24, 2.45) is 0 Å². The largest absolute Gasteiger partial charge is 0.573 e. The van der Waals surface area contributed by atoms with Crippen molar-refractivity contribution in [1.29, 1.82) is 0 Å². The van der Waals surface area contributed by atoms with Crippen LogP contribution in [-0.2, 0) is 10.0 Å². The Balaban J connectivity index is 1.57. The van der Waals surface area contributed by atoms with Gasteiger partial charge in [-0.25, -0.2) is 13.4 Å². The number of halogens is 3. The number of fused-ring (bicyclic) bond motifs is 1. The summed E-state index contributed by atoms with van der Waals surface area (Å²) in [5.41, 5.74) is 6.66.